The fourth-order valence-corrected chi connectivity index (χ4v) is 3.64. The van der Waals surface area contributed by atoms with Gasteiger partial charge in [0, 0.05) is 18.6 Å². The monoisotopic (exact) mass is 381 g/mol. The van der Waals surface area contributed by atoms with Gasteiger partial charge in [0.25, 0.3) is 5.91 Å². The number of nitrogens with two attached hydrogens (primary N) is 1. The summed E-state index contributed by atoms with van der Waals surface area (Å²) in [6, 6.07) is 12.4. The van der Waals surface area contributed by atoms with Crippen LogP contribution in [0.4, 0.5) is 4.39 Å². The number of H-pyrrole nitrogens is 1. The molecule has 1 aromatic heterocycles. The Morgan fingerprint density at radius 2 is 2.04 bits per heavy atom. The minimum Gasteiger partial charge on any atom is -0.348 e. The maximum absolute atomic E-state index is 13.1. The van der Waals surface area contributed by atoms with E-state index in [1.54, 1.807) is 12.1 Å². The molecule has 1 amide bonds. The molecule has 28 heavy (non-hydrogen) atoms. The number of hydrogen-bond acceptors (Lipinski definition) is 4. The summed E-state index contributed by atoms with van der Waals surface area (Å²) in [5.41, 5.74) is 9.27. The predicted octanol–water partition coefficient (Wildman–Crippen LogP) is 2.42. The number of nitrogens with one attached hydrogen (secondary N) is 3. The van der Waals surface area contributed by atoms with Crippen molar-refractivity contribution in [1.29, 1.82) is 0 Å². The summed E-state index contributed by atoms with van der Waals surface area (Å²) < 4.78 is 13.1. The van der Waals surface area contributed by atoms with Crippen LogP contribution in [-0.2, 0) is 0 Å². The van der Waals surface area contributed by atoms with E-state index in [4.69, 9.17) is 5.73 Å². The van der Waals surface area contributed by atoms with E-state index in [0.717, 1.165) is 29.6 Å². The second-order valence-electron chi connectivity index (χ2n) is 7.49. The molecule has 4 rings (SSSR count). The highest BCUT2D eigenvalue weighted by atomic mass is 19.1. The first-order valence-electron chi connectivity index (χ1n) is 9.52. The van der Waals surface area contributed by atoms with Crippen molar-refractivity contribution in [2.75, 3.05) is 13.1 Å². The van der Waals surface area contributed by atoms with Crippen LogP contribution in [0.2, 0.25) is 0 Å². The van der Waals surface area contributed by atoms with Gasteiger partial charge in [-0.2, -0.15) is 0 Å². The lowest BCUT2D eigenvalue weighted by Gasteiger charge is -2.13. The maximum Gasteiger partial charge on any atom is 0.287 e. The molecule has 0 radical (unpaired) electrons. The Kier molecular flexibility index (Phi) is 5.11. The van der Waals surface area contributed by atoms with E-state index in [1.165, 1.54) is 12.1 Å². The Balaban J connectivity index is 1.44. The molecule has 0 aliphatic carbocycles. The fraction of sp³-hybridized carbons (Fsp3) is 0.333. The van der Waals surface area contributed by atoms with Crippen molar-refractivity contribution >= 4 is 16.9 Å². The molecule has 1 fully saturated rings. The zero-order valence-electron chi connectivity index (χ0n) is 15.7. The summed E-state index contributed by atoms with van der Waals surface area (Å²) in [6.45, 7) is 3.44. The predicted molar refractivity (Wildman–Crippen MR) is 107 cm³/mol. The highest BCUT2D eigenvalue weighted by Crippen LogP contribution is 2.24. The van der Waals surface area contributed by atoms with Crippen molar-refractivity contribution in [3.63, 3.8) is 0 Å². The van der Waals surface area contributed by atoms with Crippen LogP contribution in [-0.4, -0.2) is 41.0 Å². The third kappa shape index (κ3) is 3.90. The number of hydrogen-bond donors (Lipinski definition) is 4. The first-order valence-corrected chi connectivity index (χ1v) is 9.52. The van der Waals surface area contributed by atoms with Crippen molar-refractivity contribution in [2.24, 2.45) is 11.7 Å². The van der Waals surface area contributed by atoms with E-state index in [0.29, 0.717) is 18.0 Å². The number of benzene rings is 2. The Hall–Kier alpha value is -2.77. The van der Waals surface area contributed by atoms with E-state index >= 15 is 0 Å². The van der Waals surface area contributed by atoms with E-state index in [2.05, 4.69) is 20.6 Å². The highest BCUT2D eigenvalue weighted by molar-refractivity contribution is 5.94. The number of aromatic nitrogens is 2. The van der Waals surface area contributed by atoms with Crippen LogP contribution < -0.4 is 16.4 Å². The molecular weight excluding hydrogens is 357 g/mol. The van der Waals surface area contributed by atoms with Crippen LogP contribution in [0.5, 0.6) is 0 Å². The van der Waals surface area contributed by atoms with E-state index in [-0.39, 0.29) is 29.6 Å². The van der Waals surface area contributed by atoms with Gasteiger partial charge in [0.15, 0.2) is 5.82 Å². The molecule has 3 aromatic rings. The van der Waals surface area contributed by atoms with E-state index < -0.39 is 0 Å². The second kappa shape index (κ2) is 7.69. The molecule has 0 bridgehead atoms. The molecule has 1 saturated heterocycles. The van der Waals surface area contributed by atoms with Gasteiger partial charge in [0.2, 0.25) is 0 Å². The summed E-state index contributed by atoms with van der Waals surface area (Å²) in [6.07, 6.45) is 0.957. The lowest BCUT2D eigenvalue weighted by molar-refractivity contribution is 0.0941. The molecule has 5 N–H and O–H groups in total. The third-order valence-electron chi connectivity index (χ3n) is 5.38. The number of nitrogens with zero attached hydrogens (tertiary/aromatic N) is 1. The summed E-state index contributed by atoms with van der Waals surface area (Å²) in [4.78, 5) is 19.9. The Bertz CT molecular complexity index is 982. The quantitative estimate of drug-likeness (QED) is 0.546. The standard InChI is InChI=1S/C21H24FN5O/c1-12(23)15-8-17(24-10-15)11-25-21(28)20-26-18-7-4-14(9-19(18)27-20)13-2-5-16(22)6-3-13/h2-7,9,12,15,17,24H,8,10-11,23H2,1H3,(H,25,28)(H,26,27). The normalized spacial score (nSPS) is 20.4. The molecule has 1 aliphatic rings. The van der Waals surface area contributed by atoms with Crippen LogP contribution >= 0.6 is 0 Å². The van der Waals surface area contributed by atoms with Gasteiger partial charge < -0.3 is 21.4 Å². The van der Waals surface area contributed by atoms with Crippen molar-refractivity contribution in [3.05, 3.63) is 54.1 Å². The van der Waals surface area contributed by atoms with Gasteiger partial charge in [-0.05, 0) is 61.2 Å². The van der Waals surface area contributed by atoms with Crippen LogP contribution in [0.25, 0.3) is 22.2 Å². The number of carbonyl (C=O) groups is 1. The highest BCUT2D eigenvalue weighted by Gasteiger charge is 2.27. The van der Waals surface area contributed by atoms with Crippen molar-refractivity contribution in [3.8, 4) is 11.1 Å². The number of halogens is 1. The molecule has 3 atom stereocenters. The molecule has 6 nitrogen and oxygen atoms in total. The number of amides is 1. The van der Waals surface area contributed by atoms with Crippen LogP contribution in [0, 0.1) is 11.7 Å². The molecule has 7 heteroatoms. The fourth-order valence-electron chi connectivity index (χ4n) is 3.64. The van der Waals surface area contributed by atoms with Crippen LogP contribution in [0.3, 0.4) is 0 Å². The lowest BCUT2D eigenvalue weighted by Crippen LogP contribution is -2.37. The van der Waals surface area contributed by atoms with E-state index in [1.807, 2.05) is 25.1 Å². The average Bonchev–Trinajstić information content (AvgIpc) is 3.33. The molecule has 2 aromatic carbocycles. The number of aromatic amines is 1. The Morgan fingerprint density at radius 3 is 2.75 bits per heavy atom. The van der Waals surface area contributed by atoms with Gasteiger partial charge in [-0.25, -0.2) is 9.37 Å². The number of imidazole rings is 1. The van der Waals surface area contributed by atoms with Gasteiger partial charge >= 0.3 is 0 Å². The number of rotatable bonds is 5. The summed E-state index contributed by atoms with van der Waals surface area (Å²) in [5, 5.41) is 6.34. The zero-order valence-corrected chi connectivity index (χ0v) is 15.7. The minimum atomic E-state index is -0.269. The van der Waals surface area contributed by atoms with Gasteiger partial charge in [0.05, 0.1) is 11.0 Å². The first kappa shape index (κ1) is 18.6. The number of fused-ring (bicyclic) bond motifs is 1. The van der Waals surface area contributed by atoms with Gasteiger partial charge in [-0.15, -0.1) is 0 Å². The largest absolute Gasteiger partial charge is 0.348 e. The number of carbonyl (C=O) groups excluding carboxylic acids is 1. The first-order chi connectivity index (χ1) is 13.5. The minimum absolute atomic E-state index is 0.152. The molecule has 0 saturated carbocycles. The molecule has 2 heterocycles. The maximum atomic E-state index is 13.1. The topological polar surface area (TPSA) is 95.8 Å². The molecule has 0 spiro atoms. The Labute approximate surface area is 162 Å². The second-order valence-corrected chi connectivity index (χ2v) is 7.49. The summed E-state index contributed by atoms with van der Waals surface area (Å²) >= 11 is 0. The van der Waals surface area contributed by atoms with Crippen molar-refractivity contribution in [1.82, 2.24) is 20.6 Å². The SMILES string of the molecule is CC(N)C1CNC(CNC(=O)c2nc3ccc(-c4ccc(F)cc4)cc3[nH]2)C1. The molecule has 146 valence electrons. The third-order valence-corrected chi connectivity index (χ3v) is 5.38. The van der Waals surface area contributed by atoms with Crippen molar-refractivity contribution < 1.29 is 9.18 Å². The van der Waals surface area contributed by atoms with Gasteiger partial charge in [-0.1, -0.05) is 18.2 Å². The molecular formula is C21H24FN5O. The van der Waals surface area contributed by atoms with E-state index in [9.17, 15) is 9.18 Å². The summed E-state index contributed by atoms with van der Waals surface area (Å²) in [7, 11) is 0. The molecule has 1 aliphatic heterocycles. The van der Waals surface area contributed by atoms with Gasteiger partial charge in [0.1, 0.15) is 5.82 Å². The lowest BCUT2D eigenvalue weighted by atomic mass is 9.99. The Morgan fingerprint density at radius 1 is 1.29 bits per heavy atom. The smallest absolute Gasteiger partial charge is 0.287 e. The molecule has 3 unspecified atom stereocenters. The summed E-state index contributed by atoms with van der Waals surface area (Å²) in [5.74, 6) is 0.228. The van der Waals surface area contributed by atoms with Crippen LogP contribution in [0.1, 0.15) is 24.0 Å². The van der Waals surface area contributed by atoms with Crippen molar-refractivity contribution in [2.45, 2.75) is 25.4 Å². The zero-order chi connectivity index (χ0) is 19.7. The average molecular weight is 381 g/mol. The van der Waals surface area contributed by atoms with Crippen LogP contribution in [0.15, 0.2) is 42.5 Å². The van der Waals surface area contributed by atoms with Gasteiger partial charge in [-0.3, -0.25) is 4.79 Å².